The zero-order chi connectivity index (χ0) is 14.7. The topological polar surface area (TPSA) is 55.8 Å². The Hall–Kier alpha value is -0.945. The number of piperazine rings is 1. The molecule has 2 N–H and O–H groups in total. The van der Waals surface area contributed by atoms with Crippen LogP contribution in [0.4, 0.5) is 10.5 Å². The number of rotatable bonds is 2. The summed E-state index contributed by atoms with van der Waals surface area (Å²) in [6.45, 7) is 4.18. The number of nitrogens with zero attached hydrogens (tertiary/aromatic N) is 2. The molecule has 0 bridgehead atoms. The minimum atomic E-state index is -0.480. The van der Waals surface area contributed by atoms with Gasteiger partial charge in [-0.2, -0.15) is 0 Å². The number of nitrogens with one attached hydrogen (secondary N) is 1. The van der Waals surface area contributed by atoms with E-state index in [2.05, 4.69) is 5.32 Å². The third kappa shape index (κ3) is 4.02. The summed E-state index contributed by atoms with van der Waals surface area (Å²) in [6.07, 6.45) is 0. The third-order valence-electron chi connectivity index (χ3n) is 3.24. The van der Waals surface area contributed by atoms with Gasteiger partial charge >= 0.3 is 13.1 Å². The van der Waals surface area contributed by atoms with Gasteiger partial charge in [-0.15, -0.1) is 0 Å². The first kappa shape index (κ1) is 15.4. The molecule has 2 amide bonds. The molecule has 1 saturated heterocycles. The van der Waals surface area contributed by atoms with Crippen LogP contribution in [0.15, 0.2) is 18.2 Å². The van der Waals surface area contributed by atoms with Crippen LogP contribution in [0.2, 0.25) is 16.9 Å². The lowest BCUT2D eigenvalue weighted by Crippen LogP contribution is -2.53. The van der Waals surface area contributed by atoms with E-state index in [9.17, 15) is 9.82 Å². The van der Waals surface area contributed by atoms with Crippen LogP contribution in [-0.4, -0.2) is 54.0 Å². The van der Waals surface area contributed by atoms with Gasteiger partial charge in [-0.25, -0.2) is 4.79 Å². The SMILES string of the molecule is CB(O)N1CCN(C(=O)Nc2cc(Cl)cc(Cl)c2)CC1. The lowest BCUT2D eigenvalue weighted by Gasteiger charge is -2.35. The van der Waals surface area contributed by atoms with Crippen LogP contribution in [0, 0.1) is 0 Å². The molecule has 0 aromatic heterocycles. The number of hydrogen-bond donors (Lipinski definition) is 2. The highest BCUT2D eigenvalue weighted by Gasteiger charge is 2.25. The number of anilines is 1. The minimum absolute atomic E-state index is 0.187. The first-order chi connectivity index (χ1) is 9.45. The molecule has 1 aliphatic heterocycles. The van der Waals surface area contributed by atoms with Gasteiger partial charge < -0.3 is 20.1 Å². The Bertz CT molecular complexity index is 473. The molecule has 0 unspecified atom stereocenters. The molecule has 0 radical (unpaired) electrons. The molecule has 0 atom stereocenters. The van der Waals surface area contributed by atoms with Crippen molar-refractivity contribution in [1.82, 2.24) is 9.71 Å². The molecule has 108 valence electrons. The Kier molecular flexibility index (Phi) is 5.15. The molecule has 20 heavy (non-hydrogen) atoms. The van der Waals surface area contributed by atoms with E-state index >= 15 is 0 Å². The van der Waals surface area contributed by atoms with Crippen molar-refractivity contribution in [3.8, 4) is 0 Å². The quantitative estimate of drug-likeness (QED) is 0.823. The van der Waals surface area contributed by atoms with Crippen molar-refractivity contribution < 1.29 is 9.82 Å². The third-order valence-corrected chi connectivity index (χ3v) is 3.68. The minimum Gasteiger partial charge on any atom is -0.437 e. The average molecular weight is 316 g/mol. The second-order valence-electron chi connectivity index (χ2n) is 4.74. The van der Waals surface area contributed by atoms with E-state index in [0.717, 1.165) is 0 Å². The fraction of sp³-hybridized carbons (Fsp3) is 0.417. The van der Waals surface area contributed by atoms with Crippen molar-refractivity contribution in [2.45, 2.75) is 6.82 Å². The molecule has 1 aromatic carbocycles. The first-order valence-electron chi connectivity index (χ1n) is 6.40. The summed E-state index contributed by atoms with van der Waals surface area (Å²) >= 11 is 11.8. The van der Waals surface area contributed by atoms with Crippen LogP contribution < -0.4 is 5.32 Å². The molecular weight excluding hydrogens is 300 g/mol. The fourth-order valence-corrected chi connectivity index (χ4v) is 2.65. The summed E-state index contributed by atoms with van der Waals surface area (Å²) in [6, 6.07) is 4.73. The van der Waals surface area contributed by atoms with Gasteiger partial charge in [0.2, 0.25) is 0 Å². The standard InChI is InChI=1S/C12H16BCl2N3O2/c1-13(20)18-4-2-17(3-5-18)12(19)16-11-7-9(14)6-10(15)8-11/h6-8,20H,2-5H2,1H3,(H,16,19). The molecule has 1 aromatic rings. The first-order valence-corrected chi connectivity index (χ1v) is 7.15. The van der Waals surface area contributed by atoms with Gasteiger partial charge in [0.05, 0.1) is 0 Å². The molecule has 5 nitrogen and oxygen atoms in total. The fourth-order valence-electron chi connectivity index (χ4n) is 2.13. The second kappa shape index (κ2) is 6.67. The van der Waals surface area contributed by atoms with Gasteiger partial charge in [0.1, 0.15) is 0 Å². The van der Waals surface area contributed by atoms with E-state index in [1.165, 1.54) is 0 Å². The van der Waals surface area contributed by atoms with Crippen molar-refractivity contribution in [3.05, 3.63) is 28.2 Å². The smallest absolute Gasteiger partial charge is 0.376 e. The highest BCUT2D eigenvalue weighted by Crippen LogP contribution is 2.22. The van der Waals surface area contributed by atoms with Gasteiger partial charge in [0, 0.05) is 41.9 Å². The summed E-state index contributed by atoms with van der Waals surface area (Å²) in [5.41, 5.74) is 0.574. The Morgan fingerprint density at radius 1 is 1.20 bits per heavy atom. The molecule has 0 aliphatic carbocycles. The van der Waals surface area contributed by atoms with Crippen molar-refractivity contribution in [1.29, 1.82) is 0 Å². The van der Waals surface area contributed by atoms with Gasteiger partial charge in [0.15, 0.2) is 0 Å². The van der Waals surface area contributed by atoms with E-state index in [-0.39, 0.29) is 6.03 Å². The van der Waals surface area contributed by atoms with Gasteiger partial charge in [-0.1, -0.05) is 23.2 Å². The van der Waals surface area contributed by atoms with Crippen LogP contribution in [0.3, 0.4) is 0 Å². The highest BCUT2D eigenvalue weighted by atomic mass is 35.5. The van der Waals surface area contributed by atoms with Crippen LogP contribution in [0.25, 0.3) is 0 Å². The number of halogens is 2. The number of benzene rings is 1. The van der Waals surface area contributed by atoms with Crippen molar-refractivity contribution in [2.75, 3.05) is 31.5 Å². The predicted octanol–water partition coefficient (Wildman–Crippen LogP) is 2.25. The molecule has 0 saturated carbocycles. The van der Waals surface area contributed by atoms with E-state index in [4.69, 9.17) is 23.2 Å². The number of urea groups is 1. The van der Waals surface area contributed by atoms with Crippen LogP contribution in [-0.2, 0) is 0 Å². The highest BCUT2D eigenvalue weighted by molar-refractivity contribution is 6.45. The van der Waals surface area contributed by atoms with E-state index in [0.29, 0.717) is 41.9 Å². The molecular formula is C12H16BCl2N3O2. The number of amides is 2. The van der Waals surface area contributed by atoms with Crippen molar-refractivity contribution in [2.24, 2.45) is 0 Å². The summed E-state index contributed by atoms with van der Waals surface area (Å²) in [5, 5.41) is 13.2. The van der Waals surface area contributed by atoms with Gasteiger partial charge in [-0.05, 0) is 25.0 Å². The van der Waals surface area contributed by atoms with Gasteiger partial charge in [-0.3, -0.25) is 0 Å². The monoisotopic (exact) mass is 315 g/mol. The largest absolute Gasteiger partial charge is 0.437 e. The molecule has 1 fully saturated rings. The Morgan fingerprint density at radius 2 is 1.75 bits per heavy atom. The van der Waals surface area contributed by atoms with E-state index < -0.39 is 7.05 Å². The normalized spacial score (nSPS) is 16.1. The van der Waals surface area contributed by atoms with E-state index in [1.54, 1.807) is 29.9 Å². The van der Waals surface area contributed by atoms with Gasteiger partial charge in [0.25, 0.3) is 0 Å². The number of carbonyl (C=O) groups is 1. The van der Waals surface area contributed by atoms with Crippen molar-refractivity contribution in [3.63, 3.8) is 0 Å². The lowest BCUT2D eigenvalue weighted by molar-refractivity contribution is 0.178. The molecule has 2 rings (SSSR count). The maximum Gasteiger partial charge on any atom is 0.376 e. The molecule has 1 heterocycles. The maximum atomic E-state index is 12.1. The number of hydrogen-bond acceptors (Lipinski definition) is 3. The van der Waals surface area contributed by atoms with Crippen LogP contribution >= 0.6 is 23.2 Å². The lowest BCUT2D eigenvalue weighted by atomic mass is 9.84. The number of carbonyl (C=O) groups excluding carboxylic acids is 1. The van der Waals surface area contributed by atoms with Crippen LogP contribution in [0.5, 0.6) is 0 Å². The zero-order valence-electron chi connectivity index (χ0n) is 11.1. The average Bonchev–Trinajstić information content (AvgIpc) is 2.37. The van der Waals surface area contributed by atoms with Crippen molar-refractivity contribution >= 4 is 42.0 Å². The molecule has 1 aliphatic rings. The molecule has 8 heteroatoms. The molecule has 0 spiro atoms. The summed E-state index contributed by atoms with van der Waals surface area (Å²) in [5.74, 6) is 0. The summed E-state index contributed by atoms with van der Waals surface area (Å²) < 4.78 is 0. The summed E-state index contributed by atoms with van der Waals surface area (Å²) in [7, 11) is -0.480. The Morgan fingerprint density at radius 3 is 2.25 bits per heavy atom. The Labute approximate surface area is 128 Å². The maximum absolute atomic E-state index is 12.1. The van der Waals surface area contributed by atoms with E-state index in [1.807, 2.05) is 4.81 Å². The zero-order valence-corrected chi connectivity index (χ0v) is 12.7. The van der Waals surface area contributed by atoms with Crippen LogP contribution in [0.1, 0.15) is 0 Å². The second-order valence-corrected chi connectivity index (χ2v) is 5.62. The predicted molar refractivity (Wildman–Crippen MR) is 82.5 cm³/mol. The summed E-state index contributed by atoms with van der Waals surface area (Å²) in [4.78, 5) is 15.7. The Balaban J connectivity index is 1.92.